The number of hydrogen-bond acceptors (Lipinski definition) is 6. The number of rotatable bonds is 6. The first-order valence-electron chi connectivity index (χ1n) is 6.52. The van der Waals surface area contributed by atoms with E-state index in [0.29, 0.717) is 11.8 Å². The molecule has 0 bridgehead atoms. The van der Waals surface area contributed by atoms with Crippen molar-refractivity contribution in [1.29, 1.82) is 0 Å². The first-order valence-corrected chi connectivity index (χ1v) is 6.52. The summed E-state index contributed by atoms with van der Waals surface area (Å²) in [5.41, 5.74) is 0.793. The predicted octanol–water partition coefficient (Wildman–Crippen LogP) is 1.32. The van der Waals surface area contributed by atoms with Crippen molar-refractivity contribution < 1.29 is 14.2 Å². The van der Waals surface area contributed by atoms with Gasteiger partial charge in [-0.25, -0.2) is 4.98 Å². The Hall–Kier alpha value is -1.40. The zero-order chi connectivity index (χ0) is 13.7. The molecular formula is C13H21N3O3. The number of nitrogens with one attached hydrogen (secondary N) is 1. The Morgan fingerprint density at radius 1 is 1.47 bits per heavy atom. The molecule has 2 unspecified atom stereocenters. The van der Waals surface area contributed by atoms with E-state index < -0.39 is 0 Å². The van der Waals surface area contributed by atoms with E-state index in [-0.39, 0.29) is 12.1 Å². The highest BCUT2D eigenvalue weighted by molar-refractivity contribution is 5.25. The second kappa shape index (κ2) is 6.68. The standard InChI is InChI=1S/C13H21N3O3/c1-14-10(7-9-5-4-6-19-9)12-13(18-3)16-11(17-2)8-15-12/h8-10,14H,4-7H2,1-3H3. The molecule has 0 aliphatic carbocycles. The maximum absolute atomic E-state index is 5.67. The van der Waals surface area contributed by atoms with E-state index in [9.17, 15) is 0 Å². The average molecular weight is 267 g/mol. The molecule has 0 radical (unpaired) electrons. The van der Waals surface area contributed by atoms with Gasteiger partial charge in [-0.05, 0) is 26.3 Å². The minimum absolute atomic E-state index is 0.0662. The van der Waals surface area contributed by atoms with Crippen LogP contribution in [0.2, 0.25) is 0 Å². The smallest absolute Gasteiger partial charge is 0.240 e. The van der Waals surface area contributed by atoms with Crippen molar-refractivity contribution in [3.8, 4) is 11.8 Å². The number of methoxy groups -OCH3 is 2. The fourth-order valence-electron chi connectivity index (χ4n) is 2.31. The van der Waals surface area contributed by atoms with Crippen molar-refractivity contribution in [2.75, 3.05) is 27.9 Å². The molecule has 0 spiro atoms. The fraction of sp³-hybridized carbons (Fsp3) is 0.692. The molecule has 2 atom stereocenters. The number of nitrogens with zero attached hydrogens (tertiary/aromatic N) is 2. The lowest BCUT2D eigenvalue weighted by molar-refractivity contribution is 0.0945. The predicted molar refractivity (Wildman–Crippen MR) is 70.5 cm³/mol. The summed E-state index contributed by atoms with van der Waals surface area (Å²) < 4.78 is 16.0. The Morgan fingerprint density at radius 3 is 2.89 bits per heavy atom. The first-order chi connectivity index (χ1) is 9.28. The van der Waals surface area contributed by atoms with Crippen LogP contribution in [0.25, 0.3) is 0 Å². The van der Waals surface area contributed by atoms with Crippen LogP contribution < -0.4 is 14.8 Å². The maximum atomic E-state index is 5.67. The summed E-state index contributed by atoms with van der Waals surface area (Å²) in [6, 6.07) is 0.0662. The van der Waals surface area contributed by atoms with Gasteiger partial charge in [0.15, 0.2) is 0 Å². The maximum Gasteiger partial charge on any atom is 0.240 e. The Bertz CT molecular complexity index is 408. The summed E-state index contributed by atoms with van der Waals surface area (Å²) in [6.07, 6.45) is 4.99. The normalized spacial score (nSPS) is 20.3. The summed E-state index contributed by atoms with van der Waals surface area (Å²) >= 11 is 0. The third kappa shape index (κ3) is 3.33. The van der Waals surface area contributed by atoms with Crippen LogP contribution in [-0.2, 0) is 4.74 Å². The largest absolute Gasteiger partial charge is 0.480 e. The van der Waals surface area contributed by atoms with Gasteiger partial charge in [0, 0.05) is 6.61 Å². The minimum atomic E-state index is 0.0662. The van der Waals surface area contributed by atoms with Crippen LogP contribution in [0.3, 0.4) is 0 Å². The molecule has 1 N–H and O–H groups in total. The van der Waals surface area contributed by atoms with Gasteiger partial charge in [-0.2, -0.15) is 4.98 Å². The fourth-order valence-corrected chi connectivity index (χ4v) is 2.31. The third-order valence-corrected chi connectivity index (χ3v) is 3.35. The van der Waals surface area contributed by atoms with Gasteiger partial charge in [-0.3, -0.25) is 0 Å². The van der Waals surface area contributed by atoms with Gasteiger partial charge in [0.25, 0.3) is 0 Å². The van der Waals surface area contributed by atoms with E-state index >= 15 is 0 Å². The molecule has 1 aromatic rings. The second-order valence-electron chi connectivity index (χ2n) is 4.52. The number of hydrogen-bond donors (Lipinski definition) is 1. The van der Waals surface area contributed by atoms with Crippen LogP contribution >= 0.6 is 0 Å². The van der Waals surface area contributed by atoms with Crippen molar-refractivity contribution in [3.63, 3.8) is 0 Å². The molecule has 0 aromatic carbocycles. The van der Waals surface area contributed by atoms with Crippen molar-refractivity contribution in [1.82, 2.24) is 15.3 Å². The molecule has 1 aromatic heterocycles. The molecule has 19 heavy (non-hydrogen) atoms. The van der Waals surface area contributed by atoms with Gasteiger partial charge < -0.3 is 19.5 Å². The van der Waals surface area contributed by atoms with Gasteiger partial charge in [0.05, 0.1) is 32.6 Å². The zero-order valence-electron chi connectivity index (χ0n) is 11.7. The highest BCUT2D eigenvalue weighted by atomic mass is 16.5. The average Bonchev–Trinajstić information content (AvgIpc) is 2.97. The molecule has 1 aliphatic rings. The minimum Gasteiger partial charge on any atom is -0.480 e. The topological polar surface area (TPSA) is 65.5 Å². The lowest BCUT2D eigenvalue weighted by atomic mass is 10.0. The molecule has 2 heterocycles. The van der Waals surface area contributed by atoms with Crippen LogP contribution in [-0.4, -0.2) is 43.9 Å². The Kier molecular flexibility index (Phi) is 4.93. The Labute approximate surface area is 113 Å². The summed E-state index contributed by atoms with van der Waals surface area (Å²) in [4.78, 5) is 8.67. The quantitative estimate of drug-likeness (QED) is 0.838. The second-order valence-corrected chi connectivity index (χ2v) is 4.52. The van der Waals surface area contributed by atoms with Gasteiger partial charge in [0.1, 0.15) is 5.69 Å². The Morgan fingerprint density at radius 2 is 2.32 bits per heavy atom. The van der Waals surface area contributed by atoms with E-state index in [0.717, 1.165) is 31.6 Å². The summed E-state index contributed by atoms with van der Waals surface area (Å²) in [6.45, 7) is 0.854. The molecule has 1 aliphatic heterocycles. The SMILES string of the molecule is CNC(CC1CCCO1)c1ncc(OC)nc1OC. The lowest BCUT2D eigenvalue weighted by Crippen LogP contribution is -2.24. The highest BCUT2D eigenvalue weighted by Gasteiger charge is 2.25. The molecular weight excluding hydrogens is 246 g/mol. The monoisotopic (exact) mass is 267 g/mol. The van der Waals surface area contributed by atoms with E-state index in [1.165, 1.54) is 0 Å². The first kappa shape index (κ1) is 14.0. The molecule has 1 fully saturated rings. The van der Waals surface area contributed by atoms with Gasteiger partial charge in [-0.1, -0.05) is 0 Å². The molecule has 0 saturated carbocycles. The van der Waals surface area contributed by atoms with Gasteiger partial charge in [0.2, 0.25) is 11.8 Å². The molecule has 6 heteroatoms. The van der Waals surface area contributed by atoms with Crippen LogP contribution in [0.4, 0.5) is 0 Å². The van der Waals surface area contributed by atoms with Crippen molar-refractivity contribution in [2.45, 2.75) is 31.4 Å². The van der Waals surface area contributed by atoms with E-state index in [2.05, 4.69) is 15.3 Å². The number of ether oxygens (including phenoxy) is 3. The highest BCUT2D eigenvalue weighted by Crippen LogP contribution is 2.29. The summed E-state index contributed by atoms with van der Waals surface area (Å²) in [7, 11) is 5.06. The molecule has 6 nitrogen and oxygen atoms in total. The van der Waals surface area contributed by atoms with Crippen LogP contribution in [0.5, 0.6) is 11.8 Å². The van der Waals surface area contributed by atoms with E-state index in [1.807, 2.05) is 7.05 Å². The number of aromatic nitrogens is 2. The molecule has 106 valence electrons. The van der Waals surface area contributed by atoms with Crippen molar-refractivity contribution in [2.24, 2.45) is 0 Å². The van der Waals surface area contributed by atoms with Crippen LogP contribution in [0.15, 0.2) is 6.20 Å². The molecule has 0 amide bonds. The van der Waals surface area contributed by atoms with Crippen LogP contribution in [0.1, 0.15) is 31.0 Å². The van der Waals surface area contributed by atoms with E-state index in [1.54, 1.807) is 20.4 Å². The zero-order valence-corrected chi connectivity index (χ0v) is 11.7. The van der Waals surface area contributed by atoms with E-state index in [4.69, 9.17) is 14.2 Å². The van der Waals surface area contributed by atoms with Crippen molar-refractivity contribution >= 4 is 0 Å². The molecule has 2 rings (SSSR count). The lowest BCUT2D eigenvalue weighted by Gasteiger charge is -2.20. The van der Waals surface area contributed by atoms with Gasteiger partial charge >= 0.3 is 0 Å². The molecule has 1 saturated heterocycles. The summed E-state index contributed by atoms with van der Waals surface area (Å²) in [5, 5.41) is 3.25. The summed E-state index contributed by atoms with van der Waals surface area (Å²) in [5.74, 6) is 0.948. The van der Waals surface area contributed by atoms with Crippen molar-refractivity contribution in [3.05, 3.63) is 11.9 Å². The Balaban J connectivity index is 2.16. The third-order valence-electron chi connectivity index (χ3n) is 3.35. The van der Waals surface area contributed by atoms with Crippen LogP contribution in [0, 0.1) is 0 Å². The van der Waals surface area contributed by atoms with Gasteiger partial charge in [-0.15, -0.1) is 0 Å².